The maximum atomic E-state index is 12.3. The van der Waals surface area contributed by atoms with Crippen LogP contribution in [0.3, 0.4) is 0 Å². The second-order valence-corrected chi connectivity index (χ2v) is 7.89. The van der Waals surface area contributed by atoms with Crippen LogP contribution in [0.15, 0.2) is 59.5 Å². The molecule has 2 aromatic carbocycles. The fourth-order valence-corrected chi connectivity index (χ4v) is 3.33. The van der Waals surface area contributed by atoms with Gasteiger partial charge in [0, 0.05) is 12.0 Å². The monoisotopic (exact) mass is 428 g/mol. The molecule has 0 saturated carbocycles. The lowest BCUT2D eigenvalue weighted by molar-refractivity contribution is -0.135. The summed E-state index contributed by atoms with van der Waals surface area (Å²) in [7, 11) is -3.96. The van der Waals surface area contributed by atoms with Crippen LogP contribution in [0.5, 0.6) is 5.75 Å². The summed E-state index contributed by atoms with van der Waals surface area (Å²) in [6, 6.07) is 14.4. The summed E-state index contributed by atoms with van der Waals surface area (Å²) in [5, 5.41) is 17.1. The van der Waals surface area contributed by atoms with Crippen molar-refractivity contribution < 1.29 is 27.9 Å². The molecule has 0 bridgehead atoms. The first kappa shape index (κ1) is 22.8. The molecule has 8 nitrogen and oxygen atoms in total. The van der Waals surface area contributed by atoms with Crippen molar-refractivity contribution in [3.8, 4) is 11.8 Å². The number of aliphatic carboxylic acids is 1. The van der Waals surface area contributed by atoms with E-state index >= 15 is 0 Å². The number of hydrogen-bond acceptors (Lipinski definition) is 6. The molecule has 2 N–H and O–H groups in total. The molecule has 0 spiro atoms. The average Bonchev–Trinajstić information content (AvgIpc) is 2.74. The predicted molar refractivity (Wildman–Crippen MR) is 109 cm³/mol. The molecule has 156 valence electrons. The van der Waals surface area contributed by atoms with E-state index in [1.807, 2.05) is 10.8 Å². The topological polar surface area (TPSA) is 134 Å². The Balaban J connectivity index is 2.01. The van der Waals surface area contributed by atoms with Gasteiger partial charge in [-0.1, -0.05) is 18.2 Å². The number of rotatable bonds is 11. The lowest BCUT2D eigenvalue weighted by atomic mass is 10.1. The van der Waals surface area contributed by atoms with E-state index in [0.29, 0.717) is 25.2 Å². The van der Waals surface area contributed by atoms with Crippen molar-refractivity contribution in [1.29, 1.82) is 5.26 Å². The number of ketones is 1. The van der Waals surface area contributed by atoms with Crippen LogP contribution in [0.4, 0.5) is 0 Å². The van der Waals surface area contributed by atoms with Gasteiger partial charge in [0.05, 0.1) is 17.6 Å². The van der Waals surface area contributed by atoms with E-state index < -0.39 is 22.5 Å². The number of carbonyl (C=O) groups is 2. The van der Waals surface area contributed by atoms with Crippen LogP contribution < -0.4 is 9.46 Å². The largest absolute Gasteiger partial charge is 0.494 e. The number of unbranched alkanes of at least 4 members (excludes halogenated alkanes) is 1. The molecule has 0 atom stereocenters. The van der Waals surface area contributed by atoms with E-state index in [1.54, 1.807) is 30.3 Å². The third kappa shape index (κ3) is 7.16. The van der Waals surface area contributed by atoms with E-state index in [9.17, 15) is 18.0 Å². The number of nitrogens with zero attached hydrogens (tertiary/aromatic N) is 1. The molecule has 0 aliphatic carbocycles. The molecule has 0 saturated heterocycles. The zero-order chi connectivity index (χ0) is 22.0. The Labute approximate surface area is 174 Å². The van der Waals surface area contributed by atoms with Gasteiger partial charge in [0.15, 0.2) is 5.78 Å². The minimum absolute atomic E-state index is 0.134. The van der Waals surface area contributed by atoms with Crippen molar-refractivity contribution >= 4 is 27.9 Å². The molecule has 0 unspecified atom stereocenters. The molecule has 0 aromatic heterocycles. The average molecular weight is 428 g/mol. The summed E-state index contributed by atoms with van der Waals surface area (Å²) >= 11 is 0. The van der Waals surface area contributed by atoms with E-state index in [0.717, 1.165) is 5.56 Å². The van der Waals surface area contributed by atoms with Gasteiger partial charge in [0.25, 0.3) is 0 Å². The molecule has 0 heterocycles. The van der Waals surface area contributed by atoms with Gasteiger partial charge < -0.3 is 9.84 Å². The standard InChI is InChI=1S/C21H20N2O6S/c22-12-1-2-13-29-18-5-3-4-16(14-18)6-11-20(24)17-7-9-19(10-8-17)30(27,28)23-15-21(25)26/h3-11,14,23H,1-2,13,15H2,(H,25,26)/b11-6+. The van der Waals surface area contributed by atoms with Crippen LogP contribution in [0.25, 0.3) is 6.08 Å². The number of hydrogen-bond donors (Lipinski definition) is 2. The number of nitrogens with one attached hydrogen (secondary N) is 1. The second-order valence-electron chi connectivity index (χ2n) is 6.12. The fraction of sp³-hybridized carbons (Fsp3) is 0.190. The van der Waals surface area contributed by atoms with Gasteiger partial charge in [-0.25, -0.2) is 8.42 Å². The van der Waals surface area contributed by atoms with Gasteiger partial charge in [-0.15, -0.1) is 0 Å². The molecule has 2 rings (SSSR count). The molecule has 30 heavy (non-hydrogen) atoms. The quantitative estimate of drug-likeness (QED) is 0.319. The Bertz CT molecular complexity index is 1070. The summed E-state index contributed by atoms with van der Waals surface area (Å²) in [4.78, 5) is 22.7. The van der Waals surface area contributed by atoms with E-state index in [-0.39, 0.29) is 16.2 Å². The Hall–Kier alpha value is -3.48. The van der Waals surface area contributed by atoms with Gasteiger partial charge in [-0.05, 0) is 54.5 Å². The molecule has 0 aliphatic heterocycles. The van der Waals surface area contributed by atoms with Crippen LogP contribution in [-0.4, -0.2) is 38.4 Å². The van der Waals surface area contributed by atoms with Gasteiger partial charge in [-0.3, -0.25) is 9.59 Å². The van der Waals surface area contributed by atoms with Crippen LogP contribution >= 0.6 is 0 Å². The first-order chi connectivity index (χ1) is 14.3. The second kappa shape index (κ2) is 10.9. The smallest absolute Gasteiger partial charge is 0.318 e. The first-order valence-electron chi connectivity index (χ1n) is 8.95. The van der Waals surface area contributed by atoms with Gasteiger partial charge in [-0.2, -0.15) is 9.98 Å². The van der Waals surface area contributed by atoms with Crippen molar-refractivity contribution in [2.45, 2.75) is 17.7 Å². The lowest BCUT2D eigenvalue weighted by Crippen LogP contribution is -2.29. The van der Waals surface area contributed by atoms with E-state index in [4.69, 9.17) is 15.1 Å². The molecule has 9 heteroatoms. The molecular weight excluding hydrogens is 408 g/mol. The summed E-state index contributed by atoms with van der Waals surface area (Å²) in [5.74, 6) is -0.990. The zero-order valence-electron chi connectivity index (χ0n) is 15.9. The summed E-state index contributed by atoms with van der Waals surface area (Å²) in [6.07, 6.45) is 4.03. The van der Waals surface area contributed by atoms with Crippen molar-refractivity contribution in [2.24, 2.45) is 0 Å². The van der Waals surface area contributed by atoms with E-state index in [2.05, 4.69) is 0 Å². The number of nitriles is 1. The maximum absolute atomic E-state index is 12.3. The SMILES string of the molecule is N#CCCCOc1cccc(/C=C/C(=O)c2ccc(S(=O)(=O)NCC(=O)O)cc2)c1. The van der Waals surface area contributed by atoms with Gasteiger partial charge in [0.1, 0.15) is 12.3 Å². The van der Waals surface area contributed by atoms with Crippen LogP contribution in [0.2, 0.25) is 0 Å². The number of carboxylic acid groups (broad SMARTS) is 1. The van der Waals surface area contributed by atoms with Crippen molar-refractivity contribution in [3.63, 3.8) is 0 Å². The number of allylic oxidation sites excluding steroid dienone is 1. The Morgan fingerprint density at radius 1 is 1.17 bits per heavy atom. The van der Waals surface area contributed by atoms with Crippen molar-refractivity contribution in [2.75, 3.05) is 13.2 Å². The minimum Gasteiger partial charge on any atom is -0.494 e. The molecule has 0 fully saturated rings. The Morgan fingerprint density at radius 2 is 1.90 bits per heavy atom. The Kier molecular flexibility index (Phi) is 8.29. The molecular formula is C21H20N2O6S. The molecule has 2 aromatic rings. The predicted octanol–water partition coefficient (Wildman–Crippen LogP) is 2.63. The zero-order valence-corrected chi connectivity index (χ0v) is 16.8. The minimum atomic E-state index is -3.96. The highest BCUT2D eigenvalue weighted by atomic mass is 32.2. The summed E-state index contributed by atoms with van der Waals surface area (Å²) in [6.45, 7) is -0.302. The highest BCUT2D eigenvalue weighted by Gasteiger charge is 2.15. The normalized spacial score (nSPS) is 11.2. The fourth-order valence-electron chi connectivity index (χ4n) is 2.36. The number of ether oxygens (including phenoxy) is 1. The number of sulfonamides is 1. The van der Waals surface area contributed by atoms with Crippen molar-refractivity contribution in [1.82, 2.24) is 4.72 Å². The van der Waals surface area contributed by atoms with Gasteiger partial charge >= 0.3 is 5.97 Å². The van der Waals surface area contributed by atoms with Crippen LogP contribution in [0, 0.1) is 11.3 Å². The van der Waals surface area contributed by atoms with Gasteiger partial charge in [0.2, 0.25) is 10.0 Å². The summed E-state index contributed by atoms with van der Waals surface area (Å²) < 4.78 is 31.4. The number of benzene rings is 2. The highest BCUT2D eigenvalue weighted by Crippen LogP contribution is 2.16. The first-order valence-corrected chi connectivity index (χ1v) is 10.4. The maximum Gasteiger partial charge on any atom is 0.318 e. The number of carbonyl (C=O) groups excluding carboxylic acids is 1. The lowest BCUT2D eigenvalue weighted by Gasteiger charge is -2.06. The summed E-state index contributed by atoms with van der Waals surface area (Å²) in [5.41, 5.74) is 1.03. The van der Waals surface area contributed by atoms with Crippen LogP contribution in [0.1, 0.15) is 28.8 Å². The third-order valence-electron chi connectivity index (χ3n) is 3.85. The molecule has 0 radical (unpaired) electrons. The van der Waals surface area contributed by atoms with Crippen molar-refractivity contribution in [3.05, 3.63) is 65.7 Å². The Morgan fingerprint density at radius 3 is 2.57 bits per heavy atom. The molecule has 0 amide bonds. The van der Waals surface area contributed by atoms with E-state index in [1.165, 1.54) is 30.3 Å². The highest BCUT2D eigenvalue weighted by molar-refractivity contribution is 7.89. The number of carboxylic acids is 1. The van der Waals surface area contributed by atoms with Crippen LogP contribution in [-0.2, 0) is 14.8 Å². The molecule has 0 aliphatic rings. The third-order valence-corrected chi connectivity index (χ3v) is 5.27.